The van der Waals surface area contributed by atoms with Gasteiger partial charge >= 0.3 is 5.97 Å². The molecule has 1 aromatic carbocycles. The molecule has 5 heteroatoms. The molecule has 1 aliphatic rings. The Bertz CT molecular complexity index is 660. The number of carboxylic acid groups (broad SMARTS) is 1. The topological polar surface area (TPSA) is 65.1 Å². The third-order valence-corrected chi connectivity index (χ3v) is 5.13. The van der Waals surface area contributed by atoms with Gasteiger partial charge in [-0.1, -0.05) is 15.9 Å². The van der Waals surface area contributed by atoms with Crippen LogP contribution in [0.15, 0.2) is 28.9 Å². The average Bonchev–Trinajstić information content (AvgIpc) is 2.90. The van der Waals surface area contributed by atoms with Crippen molar-refractivity contribution in [1.82, 2.24) is 10.3 Å². The Morgan fingerprint density at radius 3 is 2.82 bits per heavy atom. The van der Waals surface area contributed by atoms with Gasteiger partial charge < -0.3 is 15.4 Å². The van der Waals surface area contributed by atoms with Gasteiger partial charge in [0.05, 0.1) is 5.92 Å². The summed E-state index contributed by atoms with van der Waals surface area (Å²) in [4.78, 5) is 14.3. The molecule has 3 N–H and O–H groups in total. The number of H-pyrrole nitrogens is 1. The summed E-state index contributed by atoms with van der Waals surface area (Å²) in [5.74, 6) is -0.771. The van der Waals surface area contributed by atoms with Gasteiger partial charge in [0.1, 0.15) is 0 Å². The van der Waals surface area contributed by atoms with Crippen molar-refractivity contribution in [3.05, 3.63) is 34.4 Å². The van der Waals surface area contributed by atoms with Crippen LogP contribution in [0, 0.1) is 5.92 Å². The molecule has 2 aromatic rings. The molecule has 4 nitrogen and oxygen atoms in total. The number of hydrogen-bond acceptors (Lipinski definition) is 2. The molecule has 0 saturated heterocycles. The second kappa shape index (κ2) is 6.84. The van der Waals surface area contributed by atoms with E-state index in [-0.39, 0.29) is 5.92 Å². The Hall–Kier alpha value is -1.33. The van der Waals surface area contributed by atoms with Crippen molar-refractivity contribution in [3.63, 3.8) is 0 Å². The van der Waals surface area contributed by atoms with E-state index in [0.717, 1.165) is 43.1 Å². The van der Waals surface area contributed by atoms with E-state index in [1.165, 1.54) is 16.5 Å². The Morgan fingerprint density at radius 1 is 1.32 bits per heavy atom. The fourth-order valence-electron chi connectivity index (χ4n) is 3.31. The van der Waals surface area contributed by atoms with Crippen molar-refractivity contribution in [2.45, 2.75) is 38.1 Å². The average molecular weight is 365 g/mol. The number of hydrogen-bond donors (Lipinski definition) is 3. The van der Waals surface area contributed by atoms with E-state index in [0.29, 0.717) is 6.04 Å². The molecule has 0 atom stereocenters. The van der Waals surface area contributed by atoms with Gasteiger partial charge in [0.15, 0.2) is 0 Å². The zero-order valence-corrected chi connectivity index (χ0v) is 14.0. The molecule has 118 valence electrons. The number of halogens is 1. The lowest BCUT2D eigenvalue weighted by molar-refractivity contribution is -0.142. The number of aromatic nitrogens is 1. The van der Waals surface area contributed by atoms with E-state index >= 15 is 0 Å². The van der Waals surface area contributed by atoms with Crippen LogP contribution in [0.2, 0.25) is 0 Å². The van der Waals surface area contributed by atoms with E-state index in [1.54, 1.807) is 0 Å². The minimum atomic E-state index is -0.636. The first-order chi connectivity index (χ1) is 10.6. The number of rotatable bonds is 5. The molecule has 0 aliphatic heterocycles. The van der Waals surface area contributed by atoms with E-state index in [4.69, 9.17) is 5.11 Å². The molecule has 1 heterocycles. The first-order valence-corrected chi connectivity index (χ1v) is 8.64. The van der Waals surface area contributed by atoms with Crippen molar-refractivity contribution < 1.29 is 9.90 Å². The van der Waals surface area contributed by atoms with Crippen LogP contribution >= 0.6 is 15.9 Å². The largest absolute Gasteiger partial charge is 0.481 e. The molecule has 0 bridgehead atoms. The summed E-state index contributed by atoms with van der Waals surface area (Å²) in [5.41, 5.74) is 2.49. The lowest BCUT2D eigenvalue weighted by atomic mass is 9.86. The number of nitrogens with one attached hydrogen (secondary N) is 2. The maximum atomic E-state index is 11.0. The van der Waals surface area contributed by atoms with Crippen LogP contribution in [0.4, 0.5) is 0 Å². The van der Waals surface area contributed by atoms with Crippen LogP contribution in [-0.4, -0.2) is 28.6 Å². The summed E-state index contributed by atoms with van der Waals surface area (Å²) < 4.78 is 1.10. The standard InChI is InChI=1S/C17H21BrN2O2/c18-13-3-6-16-15(9-13)12(10-20-16)7-8-19-14-4-1-11(2-5-14)17(21)22/h3,6,9-11,14,19-20H,1-2,4-5,7-8H2,(H,21,22). The molecule has 3 rings (SSSR count). The van der Waals surface area contributed by atoms with Gasteiger partial charge in [-0.25, -0.2) is 0 Å². The third-order valence-electron chi connectivity index (χ3n) is 4.63. The molecule has 1 aliphatic carbocycles. The first-order valence-electron chi connectivity index (χ1n) is 7.85. The Kier molecular flexibility index (Phi) is 4.84. The second-order valence-corrected chi connectivity index (χ2v) is 7.01. The Labute approximate surface area is 138 Å². The number of aromatic amines is 1. The van der Waals surface area contributed by atoms with Crippen molar-refractivity contribution in [2.24, 2.45) is 5.92 Å². The van der Waals surface area contributed by atoms with Crippen molar-refractivity contribution in [3.8, 4) is 0 Å². The highest BCUT2D eigenvalue weighted by atomic mass is 79.9. The maximum Gasteiger partial charge on any atom is 0.306 e. The summed E-state index contributed by atoms with van der Waals surface area (Å²) in [6.07, 6.45) is 6.60. The minimum absolute atomic E-state index is 0.135. The summed E-state index contributed by atoms with van der Waals surface area (Å²) in [5, 5.41) is 13.9. The van der Waals surface area contributed by atoms with Crippen molar-refractivity contribution in [1.29, 1.82) is 0 Å². The Balaban J connectivity index is 1.51. The third kappa shape index (κ3) is 3.52. The van der Waals surface area contributed by atoms with Crippen LogP contribution in [0.25, 0.3) is 10.9 Å². The van der Waals surface area contributed by atoms with Gasteiger partial charge in [0.25, 0.3) is 0 Å². The first kappa shape index (κ1) is 15.6. The predicted octanol–water partition coefficient (Wildman–Crippen LogP) is 3.71. The van der Waals surface area contributed by atoms with E-state index in [2.05, 4.69) is 44.6 Å². The van der Waals surface area contributed by atoms with Gasteiger partial charge in [0.2, 0.25) is 0 Å². The number of carboxylic acids is 1. The van der Waals surface area contributed by atoms with Crippen LogP contribution in [0.1, 0.15) is 31.2 Å². The summed E-state index contributed by atoms with van der Waals surface area (Å²) in [7, 11) is 0. The maximum absolute atomic E-state index is 11.0. The van der Waals surface area contributed by atoms with Crippen molar-refractivity contribution >= 4 is 32.8 Å². The van der Waals surface area contributed by atoms with E-state index in [9.17, 15) is 4.79 Å². The van der Waals surface area contributed by atoms with Crippen LogP contribution < -0.4 is 5.32 Å². The monoisotopic (exact) mass is 364 g/mol. The highest BCUT2D eigenvalue weighted by molar-refractivity contribution is 9.10. The van der Waals surface area contributed by atoms with Gasteiger partial charge in [-0.2, -0.15) is 0 Å². The van der Waals surface area contributed by atoms with Gasteiger partial charge in [-0.3, -0.25) is 4.79 Å². The molecule has 1 saturated carbocycles. The van der Waals surface area contributed by atoms with E-state index < -0.39 is 5.97 Å². The fraction of sp³-hybridized carbons (Fsp3) is 0.471. The summed E-state index contributed by atoms with van der Waals surface area (Å²) in [6.45, 7) is 0.932. The van der Waals surface area contributed by atoms with Crippen LogP contribution in [0.3, 0.4) is 0 Å². The lowest BCUT2D eigenvalue weighted by Gasteiger charge is -2.26. The number of fused-ring (bicyclic) bond motifs is 1. The van der Waals surface area contributed by atoms with Crippen LogP contribution in [0.5, 0.6) is 0 Å². The summed E-state index contributed by atoms with van der Waals surface area (Å²) >= 11 is 3.52. The Morgan fingerprint density at radius 2 is 2.09 bits per heavy atom. The zero-order chi connectivity index (χ0) is 15.5. The number of carbonyl (C=O) groups is 1. The SMILES string of the molecule is O=C(O)C1CCC(NCCc2c[nH]c3ccc(Br)cc23)CC1. The zero-order valence-electron chi connectivity index (χ0n) is 12.4. The summed E-state index contributed by atoms with van der Waals surface area (Å²) in [6, 6.07) is 6.75. The molecular formula is C17H21BrN2O2. The quantitative estimate of drug-likeness (QED) is 0.757. The van der Waals surface area contributed by atoms with E-state index in [1.807, 2.05) is 6.07 Å². The highest BCUT2D eigenvalue weighted by Crippen LogP contribution is 2.25. The molecule has 0 radical (unpaired) electrons. The number of aliphatic carboxylic acids is 1. The highest BCUT2D eigenvalue weighted by Gasteiger charge is 2.25. The van der Waals surface area contributed by atoms with Gasteiger partial charge in [-0.15, -0.1) is 0 Å². The predicted molar refractivity (Wildman–Crippen MR) is 91.1 cm³/mol. The molecule has 0 spiro atoms. The molecule has 22 heavy (non-hydrogen) atoms. The molecular weight excluding hydrogens is 344 g/mol. The smallest absolute Gasteiger partial charge is 0.306 e. The van der Waals surface area contributed by atoms with Crippen LogP contribution in [-0.2, 0) is 11.2 Å². The van der Waals surface area contributed by atoms with Gasteiger partial charge in [-0.05, 0) is 62.4 Å². The van der Waals surface area contributed by atoms with Gasteiger partial charge in [0, 0.05) is 27.6 Å². The second-order valence-electron chi connectivity index (χ2n) is 6.09. The number of benzene rings is 1. The molecule has 1 fully saturated rings. The molecule has 1 aromatic heterocycles. The normalized spacial score (nSPS) is 22.0. The van der Waals surface area contributed by atoms with Crippen molar-refractivity contribution in [2.75, 3.05) is 6.54 Å². The molecule has 0 amide bonds. The minimum Gasteiger partial charge on any atom is -0.481 e. The lowest BCUT2D eigenvalue weighted by Crippen LogP contribution is -2.35. The molecule has 0 unspecified atom stereocenters. The fourth-order valence-corrected chi connectivity index (χ4v) is 3.67.